The van der Waals surface area contributed by atoms with Gasteiger partial charge in [-0.15, -0.1) is 11.6 Å². The van der Waals surface area contributed by atoms with E-state index >= 15 is 0 Å². The van der Waals surface area contributed by atoms with Crippen molar-refractivity contribution in [3.05, 3.63) is 46.0 Å². The number of benzene rings is 1. The molecule has 0 unspecified atom stereocenters. The summed E-state index contributed by atoms with van der Waals surface area (Å²) < 4.78 is 25.0. The fourth-order valence-corrected chi connectivity index (χ4v) is 3.46. The Labute approximate surface area is 119 Å². The highest BCUT2D eigenvalue weighted by atomic mass is 35.5. The van der Waals surface area contributed by atoms with Crippen molar-refractivity contribution in [2.75, 3.05) is 12.4 Å². The van der Waals surface area contributed by atoms with Crippen LogP contribution in [0.5, 0.6) is 0 Å². The molecule has 1 aromatic rings. The number of rotatable bonds is 4. The van der Waals surface area contributed by atoms with E-state index in [0.29, 0.717) is 4.31 Å². The number of amides is 1. The number of allylic oxidation sites excluding steroid dienone is 1. The van der Waals surface area contributed by atoms with Gasteiger partial charge in [0.2, 0.25) is 0 Å². The number of carbonyl (C=O) groups excluding carboxylic acids is 1. The Kier molecular flexibility index (Phi) is 3.78. The predicted octanol–water partition coefficient (Wildman–Crippen LogP) is 1.53. The van der Waals surface area contributed by atoms with Crippen LogP contribution in [0.1, 0.15) is 10.4 Å². The van der Waals surface area contributed by atoms with Gasteiger partial charge in [0.1, 0.15) is 4.90 Å². The first-order valence-corrected chi connectivity index (χ1v) is 7.43. The second kappa shape index (κ2) is 5.22. The molecule has 1 aliphatic rings. The van der Waals surface area contributed by atoms with Crippen LogP contribution in [0.2, 0.25) is 0 Å². The lowest BCUT2D eigenvalue weighted by Crippen LogP contribution is -2.30. The highest BCUT2D eigenvalue weighted by Gasteiger charge is 2.41. The summed E-state index contributed by atoms with van der Waals surface area (Å²) in [5, 5.41) is 10.7. The van der Waals surface area contributed by atoms with E-state index in [1.54, 1.807) is 0 Å². The summed E-state index contributed by atoms with van der Waals surface area (Å²) in [4.78, 5) is 21.6. The second-order valence-corrected chi connectivity index (χ2v) is 6.04. The molecule has 9 heteroatoms. The molecule has 0 atom stereocenters. The third-order valence-electron chi connectivity index (χ3n) is 2.73. The molecular formula is C11H9ClN2O5S. The first-order valence-electron chi connectivity index (χ1n) is 5.46. The van der Waals surface area contributed by atoms with Gasteiger partial charge in [0.15, 0.2) is 0 Å². The smallest absolute Gasteiger partial charge is 0.268 e. The Morgan fingerprint density at radius 3 is 2.65 bits per heavy atom. The van der Waals surface area contributed by atoms with Crippen LogP contribution in [0.4, 0.5) is 5.69 Å². The van der Waals surface area contributed by atoms with E-state index in [2.05, 4.69) is 0 Å². The average Bonchev–Trinajstić information content (AvgIpc) is 2.59. The van der Waals surface area contributed by atoms with Crippen molar-refractivity contribution in [2.45, 2.75) is 4.90 Å². The molecule has 0 radical (unpaired) electrons. The number of nitro benzene ring substituents is 1. The number of hydrogen-bond donors (Lipinski definition) is 0. The largest absolute Gasteiger partial charge is 0.270 e. The molecule has 1 aromatic carbocycles. The van der Waals surface area contributed by atoms with E-state index in [-0.39, 0.29) is 28.6 Å². The maximum atomic E-state index is 12.2. The van der Waals surface area contributed by atoms with Crippen LogP contribution < -0.4 is 0 Å². The molecule has 0 fully saturated rings. The van der Waals surface area contributed by atoms with E-state index in [4.69, 9.17) is 11.6 Å². The zero-order chi connectivity index (χ0) is 14.9. The quantitative estimate of drug-likeness (QED) is 0.363. The summed E-state index contributed by atoms with van der Waals surface area (Å²) in [6, 6.07) is 3.15. The predicted molar refractivity (Wildman–Crippen MR) is 71.2 cm³/mol. The standard InChI is InChI=1S/C11H9ClN2O5S/c12-5-1-2-6-13-11(15)9-4-3-8(14(16)17)7-10(9)20(13,18)19/h1-4,7H,5-6H2. The average molecular weight is 317 g/mol. The highest BCUT2D eigenvalue weighted by molar-refractivity contribution is 7.90. The molecule has 0 spiro atoms. The lowest BCUT2D eigenvalue weighted by Gasteiger charge is -2.11. The van der Waals surface area contributed by atoms with Crippen molar-refractivity contribution < 1.29 is 18.1 Å². The van der Waals surface area contributed by atoms with Gasteiger partial charge in [0.05, 0.1) is 17.0 Å². The minimum absolute atomic E-state index is 0.0603. The van der Waals surface area contributed by atoms with Crippen LogP contribution in [0.15, 0.2) is 35.2 Å². The van der Waals surface area contributed by atoms with Crippen molar-refractivity contribution in [3.8, 4) is 0 Å². The number of sulfonamides is 1. The fraction of sp³-hybridized carbons (Fsp3) is 0.182. The van der Waals surface area contributed by atoms with E-state index in [9.17, 15) is 23.3 Å². The zero-order valence-corrected chi connectivity index (χ0v) is 11.6. The van der Waals surface area contributed by atoms with Gasteiger partial charge in [-0.2, -0.15) is 0 Å². The van der Waals surface area contributed by atoms with E-state index in [0.717, 1.165) is 18.2 Å². The lowest BCUT2D eigenvalue weighted by molar-refractivity contribution is -0.385. The van der Waals surface area contributed by atoms with Gasteiger partial charge in [0, 0.05) is 18.0 Å². The molecule has 2 rings (SSSR count). The molecule has 0 saturated heterocycles. The highest BCUT2D eigenvalue weighted by Crippen LogP contribution is 2.32. The van der Waals surface area contributed by atoms with Gasteiger partial charge >= 0.3 is 0 Å². The summed E-state index contributed by atoms with van der Waals surface area (Å²) in [6.07, 6.45) is 2.96. The third kappa shape index (κ3) is 2.27. The Morgan fingerprint density at radius 1 is 1.35 bits per heavy atom. The Hall–Kier alpha value is -1.93. The van der Waals surface area contributed by atoms with Crippen LogP contribution in [0.3, 0.4) is 0 Å². The molecule has 0 aromatic heterocycles. The van der Waals surface area contributed by atoms with E-state index < -0.39 is 20.9 Å². The molecule has 7 nitrogen and oxygen atoms in total. The van der Waals surface area contributed by atoms with Gasteiger partial charge in [-0.1, -0.05) is 12.2 Å². The number of fused-ring (bicyclic) bond motifs is 1. The molecule has 20 heavy (non-hydrogen) atoms. The van der Waals surface area contributed by atoms with Gasteiger partial charge in [-0.05, 0) is 6.07 Å². The number of carbonyl (C=O) groups is 1. The number of non-ortho nitro benzene ring substituents is 1. The number of halogens is 1. The first kappa shape index (κ1) is 14.5. The number of hydrogen-bond acceptors (Lipinski definition) is 5. The fourth-order valence-electron chi connectivity index (χ4n) is 1.79. The van der Waals surface area contributed by atoms with Crippen LogP contribution in [-0.4, -0.2) is 36.0 Å². The van der Waals surface area contributed by atoms with E-state index in [1.165, 1.54) is 12.2 Å². The number of nitrogens with zero attached hydrogens (tertiary/aromatic N) is 2. The van der Waals surface area contributed by atoms with Gasteiger partial charge in [-0.3, -0.25) is 14.9 Å². The SMILES string of the molecule is O=C1c2ccc([N+](=O)[O-])cc2S(=O)(=O)N1CC=CCCl. The van der Waals surface area contributed by atoms with Crippen molar-refractivity contribution >= 4 is 33.2 Å². The normalized spacial score (nSPS) is 16.6. The van der Waals surface area contributed by atoms with Crippen molar-refractivity contribution in [2.24, 2.45) is 0 Å². The molecule has 0 N–H and O–H groups in total. The Balaban J connectivity index is 2.48. The topological polar surface area (TPSA) is 97.6 Å². The number of alkyl halides is 1. The molecule has 1 amide bonds. The third-order valence-corrected chi connectivity index (χ3v) is 4.69. The summed E-state index contributed by atoms with van der Waals surface area (Å²) >= 11 is 5.42. The Morgan fingerprint density at radius 2 is 2.05 bits per heavy atom. The minimum atomic E-state index is -4.05. The number of nitro groups is 1. The van der Waals surface area contributed by atoms with Crippen molar-refractivity contribution in [1.29, 1.82) is 0 Å². The summed E-state index contributed by atoms with van der Waals surface area (Å²) in [5.74, 6) is -0.505. The van der Waals surface area contributed by atoms with Gasteiger partial charge in [0.25, 0.3) is 21.6 Å². The molecular weight excluding hydrogens is 308 g/mol. The maximum absolute atomic E-state index is 12.2. The van der Waals surface area contributed by atoms with Crippen LogP contribution in [-0.2, 0) is 10.0 Å². The second-order valence-electron chi connectivity index (χ2n) is 3.90. The Bertz CT molecular complexity index is 714. The molecule has 1 heterocycles. The minimum Gasteiger partial charge on any atom is -0.268 e. The van der Waals surface area contributed by atoms with Crippen molar-refractivity contribution in [3.63, 3.8) is 0 Å². The summed E-state index contributed by atoms with van der Waals surface area (Å²) in [5.41, 5.74) is -0.437. The van der Waals surface area contributed by atoms with E-state index in [1.807, 2.05) is 0 Å². The summed E-state index contributed by atoms with van der Waals surface area (Å²) in [7, 11) is -4.05. The monoisotopic (exact) mass is 316 g/mol. The molecule has 106 valence electrons. The first-order chi connectivity index (χ1) is 9.39. The maximum Gasteiger partial charge on any atom is 0.270 e. The van der Waals surface area contributed by atoms with Crippen molar-refractivity contribution in [1.82, 2.24) is 4.31 Å². The zero-order valence-electron chi connectivity index (χ0n) is 10.0. The van der Waals surface area contributed by atoms with Gasteiger partial charge < -0.3 is 0 Å². The van der Waals surface area contributed by atoms with Gasteiger partial charge in [-0.25, -0.2) is 12.7 Å². The summed E-state index contributed by atoms with van der Waals surface area (Å²) in [6.45, 7) is -0.156. The van der Waals surface area contributed by atoms with Crippen LogP contribution in [0.25, 0.3) is 0 Å². The van der Waals surface area contributed by atoms with Crippen LogP contribution >= 0.6 is 11.6 Å². The molecule has 0 aliphatic carbocycles. The molecule has 1 aliphatic heterocycles. The molecule has 0 bridgehead atoms. The van der Waals surface area contributed by atoms with Crippen LogP contribution in [0, 0.1) is 10.1 Å². The lowest BCUT2D eigenvalue weighted by atomic mass is 10.2. The molecule has 0 saturated carbocycles.